The van der Waals surface area contributed by atoms with E-state index in [1.54, 1.807) is 11.0 Å². The standard InChI is InChI=1S/C11H22N4O/c1-5-16-7-10(9(2)3)12-6-11-13-8-14-15(11)4/h8-10,12H,5-7H2,1-4H3. The van der Waals surface area contributed by atoms with Gasteiger partial charge in [-0.25, -0.2) is 4.98 Å². The fourth-order valence-corrected chi connectivity index (χ4v) is 1.43. The molecule has 0 spiro atoms. The van der Waals surface area contributed by atoms with Gasteiger partial charge in [-0.3, -0.25) is 4.68 Å². The molecule has 0 bridgehead atoms. The van der Waals surface area contributed by atoms with Crippen molar-refractivity contribution in [1.82, 2.24) is 20.1 Å². The van der Waals surface area contributed by atoms with E-state index < -0.39 is 0 Å². The van der Waals surface area contributed by atoms with Gasteiger partial charge in [0.15, 0.2) is 0 Å². The number of hydrogen-bond acceptors (Lipinski definition) is 4. The second-order valence-corrected chi connectivity index (χ2v) is 4.19. The zero-order valence-electron chi connectivity index (χ0n) is 10.6. The van der Waals surface area contributed by atoms with Gasteiger partial charge in [-0.2, -0.15) is 5.10 Å². The molecular weight excluding hydrogens is 204 g/mol. The van der Waals surface area contributed by atoms with Crippen LogP contribution in [0.3, 0.4) is 0 Å². The number of nitrogens with zero attached hydrogens (tertiary/aromatic N) is 3. The van der Waals surface area contributed by atoms with Crippen LogP contribution in [0, 0.1) is 5.92 Å². The van der Waals surface area contributed by atoms with Crippen LogP contribution in [0.25, 0.3) is 0 Å². The van der Waals surface area contributed by atoms with Gasteiger partial charge < -0.3 is 10.1 Å². The van der Waals surface area contributed by atoms with Crippen LogP contribution in [-0.4, -0.2) is 34.0 Å². The van der Waals surface area contributed by atoms with E-state index in [0.29, 0.717) is 12.0 Å². The lowest BCUT2D eigenvalue weighted by molar-refractivity contribution is 0.107. The SMILES string of the molecule is CCOCC(NCc1ncnn1C)C(C)C. The number of nitrogens with one attached hydrogen (secondary N) is 1. The van der Waals surface area contributed by atoms with Gasteiger partial charge in [0.2, 0.25) is 0 Å². The highest BCUT2D eigenvalue weighted by molar-refractivity contribution is 4.84. The lowest BCUT2D eigenvalue weighted by atomic mass is 10.1. The number of aromatic nitrogens is 3. The third kappa shape index (κ3) is 3.90. The normalized spacial score (nSPS) is 13.3. The van der Waals surface area contributed by atoms with Crippen LogP contribution in [0.1, 0.15) is 26.6 Å². The first-order valence-corrected chi connectivity index (χ1v) is 5.79. The van der Waals surface area contributed by atoms with Crippen LogP contribution in [0.4, 0.5) is 0 Å². The number of aryl methyl sites for hydroxylation is 1. The Morgan fingerprint density at radius 1 is 1.50 bits per heavy atom. The van der Waals surface area contributed by atoms with E-state index in [4.69, 9.17) is 4.74 Å². The summed E-state index contributed by atoms with van der Waals surface area (Å²) in [5.74, 6) is 1.49. The minimum absolute atomic E-state index is 0.358. The molecule has 1 N–H and O–H groups in total. The molecule has 0 aliphatic carbocycles. The van der Waals surface area contributed by atoms with Crippen molar-refractivity contribution in [2.24, 2.45) is 13.0 Å². The monoisotopic (exact) mass is 226 g/mol. The summed E-state index contributed by atoms with van der Waals surface area (Å²) in [7, 11) is 1.90. The third-order valence-electron chi connectivity index (χ3n) is 2.63. The largest absolute Gasteiger partial charge is 0.380 e. The maximum atomic E-state index is 5.45. The van der Waals surface area contributed by atoms with Crippen molar-refractivity contribution in [2.45, 2.75) is 33.4 Å². The zero-order chi connectivity index (χ0) is 12.0. The van der Waals surface area contributed by atoms with Crippen LogP contribution >= 0.6 is 0 Å². The highest BCUT2D eigenvalue weighted by atomic mass is 16.5. The molecule has 0 aromatic carbocycles. The Bertz CT molecular complexity index is 298. The molecule has 0 radical (unpaired) electrons. The summed E-state index contributed by atoms with van der Waals surface area (Å²) in [4.78, 5) is 4.18. The molecule has 1 atom stereocenters. The predicted molar refractivity (Wildman–Crippen MR) is 63.0 cm³/mol. The summed E-state index contributed by atoms with van der Waals surface area (Å²) < 4.78 is 7.23. The summed E-state index contributed by atoms with van der Waals surface area (Å²) in [6.07, 6.45) is 1.57. The topological polar surface area (TPSA) is 52.0 Å². The van der Waals surface area contributed by atoms with Crippen molar-refractivity contribution < 1.29 is 4.74 Å². The molecule has 0 aliphatic heterocycles. The molecule has 1 aromatic heterocycles. The smallest absolute Gasteiger partial charge is 0.140 e. The van der Waals surface area contributed by atoms with Gasteiger partial charge in [0.25, 0.3) is 0 Å². The summed E-state index contributed by atoms with van der Waals surface area (Å²) >= 11 is 0. The number of hydrogen-bond donors (Lipinski definition) is 1. The summed E-state index contributed by atoms with van der Waals surface area (Å²) in [6.45, 7) is 8.62. The highest BCUT2D eigenvalue weighted by Gasteiger charge is 2.13. The van der Waals surface area contributed by atoms with Crippen molar-refractivity contribution >= 4 is 0 Å². The fraction of sp³-hybridized carbons (Fsp3) is 0.818. The van der Waals surface area contributed by atoms with Gasteiger partial charge in [0, 0.05) is 19.7 Å². The van der Waals surface area contributed by atoms with Crippen molar-refractivity contribution in [1.29, 1.82) is 0 Å². The first-order chi connectivity index (χ1) is 7.65. The summed E-state index contributed by atoms with van der Waals surface area (Å²) in [5.41, 5.74) is 0. The van der Waals surface area contributed by atoms with Crippen LogP contribution in [0.5, 0.6) is 0 Å². The van der Waals surface area contributed by atoms with Crippen LogP contribution in [-0.2, 0) is 18.3 Å². The van der Waals surface area contributed by atoms with E-state index in [1.807, 2.05) is 14.0 Å². The van der Waals surface area contributed by atoms with Crippen molar-refractivity contribution in [3.63, 3.8) is 0 Å². The molecular formula is C11H22N4O. The molecule has 5 nitrogen and oxygen atoms in total. The van der Waals surface area contributed by atoms with Gasteiger partial charge in [0.05, 0.1) is 13.2 Å². The second kappa shape index (κ2) is 6.60. The minimum Gasteiger partial charge on any atom is -0.380 e. The molecule has 5 heteroatoms. The predicted octanol–water partition coefficient (Wildman–Crippen LogP) is 0.966. The summed E-state index contributed by atoms with van der Waals surface area (Å²) in [6, 6.07) is 0.358. The van der Waals surface area contributed by atoms with Gasteiger partial charge in [-0.15, -0.1) is 0 Å². The lowest BCUT2D eigenvalue weighted by Crippen LogP contribution is -2.38. The number of ether oxygens (including phenoxy) is 1. The molecule has 1 heterocycles. The molecule has 1 rings (SSSR count). The average Bonchev–Trinajstić information content (AvgIpc) is 2.64. The first kappa shape index (κ1) is 13.1. The van der Waals surface area contributed by atoms with Crippen molar-refractivity contribution in [3.8, 4) is 0 Å². The van der Waals surface area contributed by atoms with Crippen molar-refractivity contribution in [3.05, 3.63) is 12.2 Å². The van der Waals surface area contributed by atoms with E-state index >= 15 is 0 Å². The first-order valence-electron chi connectivity index (χ1n) is 5.79. The van der Waals surface area contributed by atoms with Gasteiger partial charge in [-0.05, 0) is 12.8 Å². The maximum Gasteiger partial charge on any atom is 0.140 e. The molecule has 0 saturated heterocycles. The zero-order valence-corrected chi connectivity index (χ0v) is 10.6. The van der Waals surface area contributed by atoms with E-state index in [0.717, 1.165) is 25.6 Å². The second-order valence-electron chi connectivity index (χ2n) is 4.19. The fourth-order valence-electron chi connectivity index (χ4n) is 1.43. The maximum absolute atomic E-state index is 5.45. The lowest BCUT2D eigenvalue weighted by Gasteiger charge is -2.21. The average molecular weight is 226 g/mol. The Kier molecular flexibility index (Phi) is 5.42. The van der Waals surface area contributed by atoms with Gasteiger partial charge in [-0.1, -0.05) is 13.8 Å². The Labute approximate surface area is 97.2 Å². The Morgan fingerprint density at radius 2 is 2.25 bits per heavy atom. The third-order valence-corrected chi connectivity index (χ3v) is 2.63. The van der Waals surface area contributed by atoms with Gasteiger partial charge >= 0.3 is 0 Å². The molecule has 0 saturated carbocycles. The molecule has 0 amide bonds. The van der Waals surface area contributed by atoms with E-state index in [1.165, 1.54) is 0 Å². The molecule has 92 valence electrons. The minimum atomic E-state index is 0.358. The quantitative estimate of drug-likeness (QED) is 0.752. The molecule has 0 fully saturated rings. The van der Waals surface area contributed by atoms with E-state index in [-0.39, 0.29) is 0 Å². The Morgan fingerprint density at radius 3 is 2.75 bits per heavy atom. The van der Waals surface area contributed by atoms with E-state index in [9.17, 15) is 0 Å². The highest BCUT2D eigenvalue weighted by Crippen LogP contribution is 2.03. The van der Waals surface area contributed by atoms with E-state index in [2.05, 4.69) is 29.2 Å². The Hall–Kier alpha value is -0.940. The van der Waals surface area contributed by atoms with Crippen LogP contribution in [0.2, 0.25) is 0 Å². The number of rotatable bonds is 7. The van der Waals surface area contributed by atoms with Crippen molar-refractivity contribution in [2.75, 3.05) is 13.2 Å². The molecule has 1 aromatic rings. The molecule has 16 heavy (non-hydrogen) atoms. The molecule has 0 aliphatic rings. The van der Waals surface area contributed by atoms with Crippen LogP contribution < -0.4 is 5.32 Å². The van der Waals surface area contributed by atoms with Crippen LogP contribution in [0.15, 0.2) is 6.33 Å². The molecule has 1 unspecified atom stereocenters. The van der Waals surface area contributed by atoms with Gasteiger partial charge in [0.1, 0.15) is 12.2 Å². The Balaban J connectivity index is 2.40. The summed E-state index contributed by atoms with van der Waals surface area (Å²) in [5, 5.41) is 7.48.